The zero-order valence-corrected chi connectivity index (χ0v) is 14.7. The second-order valence-electron chi connectivity index (χ2n) is 7.15. The molecule has 26 heavy (non-hydrogen) atoms. The Hall–Kier alpha value is -2.29. The highest BCUT2D eigenvalue weighted by atomic mass is 16.3. The number of imide groups is 1. The molecule has 2 unspecified atom stereocenters. The zero-order valence-electron chi connectivity index (χ0n) is 14.7. The number of benzene rings is 1. The van der Waals surface area contributed by atoms with E-state index >= 15 is 0 Å². The molecule has 1 fully saturated rings. The molecule has 0 aromatic heterocycles. The maximum atomic E-state index is 12.7. The number of carbonyl (C=O) groups is 3. The van der Waals surface area contributed by atoms with Crippen molar-refractivity contribution in [3.8, 4) is 0 Å². The summed E-state index contributed by atoms with van der Waals surface area (Å²) in [5.74, 6) is -0.904. The lowest BCUT2D eigenvalue weighted by atomic mass is 10.0. The van der Waals surface area contributed by atoms with E-state index in [4.69, 9.17) is 5.73 Å². The highest BCUT2D eigenvalue weighted by Gasteiger charge is 2.39. The predicted octanol–water partition coefficient (Wildman–Crippen LogP) is -0.753. The standard InChI is InChI=1S/C18H24N4O4/c1-18(26,9-19)10-20-7-11-3-2-4-12-13(11)8-22(17(12)25)14-5-6-15(23)21-16(14)24/h2-4,14,20,26H,5-10,19H2,1H3,(H,21,23,24). The summed E-state index contributed by atoms with van der Waals surface area (Å²) in [6.07, 6.45) is 0.580. The third-order valence-electron chi connectivity index (χ3n) is 4.94. The van der Waals surface area contributed by atoms with E-state index in [0.29, 0.717) is 31.6 Å². The van der Waals surface area contributed by atoms with Crippen molar-refractivity contribution in [3.05, 3.63) is 34.9 Å². The first-order chi connectivity index (χ1) is 12.3. The van der Waals surface area contributed by atoms with Gasteiger partial charge in [-0.05, 0) is 30.5 Å². The van der Waals surface area contributed by atoms with Gasteiger partial charge in [0.25, 0.3) is 5.91 Å². The molecule has 2 aliphatic heterocycles. The molecule has 2 atom stereocenters. The van der Waals surface area contributed by atoms with Crippen LogP contribution >= 0.6 is 0 Å². The van der Waals surface area contributed by atoms with Crippen LogP contribution in [0.2, 0.25) is 0 Å². The second kappa shape index (κ2) is 7.14. The third-order valence-corrected chi connectivity index (χ3v) is 4.94. The molecular weight excluding hydrogens is 336 g/mol. The van der Waals surface area contributed by atoms with Crippen LogP contribution in [0.15, 0.2) is 18.2 Å². The Labute approximate surface area is 151 Å². The Kier molecular flexibility index (Phi) is 5.08. The normalized spacial score (nSPS) is 22.2. The smallest absolute Gasteiger partial charge is 0.255 e. The summed E-state index contributed by atoms with van der Waals surface area (Å²) in [4.78, 5) is 37.7. The summed E-state index contributed by atoms with van der Waals surface area (Å²) in [6, 6.07) is 4.86. The first kappa shape index (κ1) is 18.5. The molecule has 0 radical (unpaired) electrons. The molecular formula is C18H24N4O4. The van der Waals surface area contributed by atoms with Crippen molar-refractivity contribution in [2.45, 2.75) is 44.5 Å². The number of carbonyl (C=O) groups excluding carboxylic acids is 3. The first-order valence-corrected chi connectivity index (χ1v) is 8.71. The van der Waals surface area contributed by atoms with Crippen molar-refractivity contribution < 1.29 is 19.5 Å². The van der Waals surface area contributed by atoms with Gasteiger partial charge in [-0.3, -0.25) is 19.7 Å². The fraction of sp³-hybridized carbons (Fsp3) is 0.500. The van der Waals surface area contributed by atoms with Crippen LogP contribution < -0.4 is 16.4 Å². The maximum absolute atomic E-state index is 12.7. The fourth-order valence-electron chi connectivity index (χ4n) is 3.35. The molecule has 1 saturated heterocycles. The largest absolute Gasteiger partial charge is 0.388 e. The van der Waals surface area contributed by atoms with E-state index in [0.717, 1.165) is 11.1 Å². The van der Waals surface area contributed by atoms with Gasteiger partial charge in [-0.2, -0.15) is 0 Å². The average molecular weight is 360 g/mol. The SMILES string of the molecule is CC(O)(CN)CNCc1cccc2c1CN(C1CCC(=O)NC1=O)C2=O. The van der Waals surface area contributed by atoms with E-state index in [1.54, 1.807) is 13.0 Å². The lowest BCUT2D eigenvalue weighted by Gasteiger charge is -2.29. The Bertz CT molecular complexity index is 747. The zero-order chi connectivity index (χ0) is 18.9. The number of nitrogens with two attached hydrogens (primary N) is 1. The number of piperidine rings is 1. The Morgan fingerprint density at radius 3 is 2.85 bits per heavy atom. The van der Waals surface area contributed by atoms with Crippen molar-refractivity contribution in [3.63, 3.8) is 0 Å². The van der Waals surface area contributed by atoms with Crippen molar-refractivity contribution >= 4 is 17.7 Å². The fourth-order valence-corrected chi connectivity index (χ4v) is 3.35. The van der Waals surface area contributed by atoms with Gasteiger partial charge in [0.15, 0.2) is 0 Å². The summed E-state index contributed by atoms with van der Waals surface area (Å²) in [6.45, 7) is 2.96. The van der Waals surface area contributed by atoms with Crippen molar-refractivity contribution in [1.29, 1.82) is 0 Å². The summed E-state index contributed by atoms with van der Waals surface area (Å²) >= 11 is 0. The number of aliphatic hydroxyl groups is 1. The average Bonchev–Trinajstić information content (AvgIpc) is 2.93. The van der Waals surface area contributed by atoms with E-state index in [9.17, 15) is 19.5 Å². The van der Waals surface area contributed by atoms with Gasteiger partial charge in [0, 0.05) is 38.2 Å². The van der Waals surface area contributed by atoms with Crippen LogP contribution in [0.1, 0.15) is 41.3 Å². The van der Waals surface area contributed by atoms with E-state index in [1.807, 2.05) is 12.1 Å². The van der Waals surface area contributed by atoms with Crippen molar-refractivity contribution in [2.24, 2.45) is 5.73 Å². The van der Waals surface area contributed by atoms with Crippen LogP contribution in [0.5, 0.6) is 0 Å². The molecule has 0 aliphatic carbocycles. The highest BCUT2D eigenvalue weighted by Crippen LogP contribution is 2.29. The minimum atomic E-state index is -0.994. The molecule has 0 spiro atoms. The van der Waals surface area contributed by atoms with Crippen LogP contribution in [0.4, 0.5) is 0 Å². The second-order valence-corrected chi connectivity index (χ2v) is 7.15. The predicted molar refractivity (Wildman–Crippen MR) is 93.9 cm³/mol. The molecule has 1 aromatic carbocycles. The number of fused-ring (bicyclic) bond motifs is 1. The molecule has 2 aliphatic rings. The summed E-state index contributed by atoms with van der Waals surface area (Å²) < 4.78 is 0. The topological polar surface area (TPSA) is 125 Å². The van der Waals surface area contributed by atoms with Gasteiger partial charge < -0.3 is 21.1 Å². The van der Waals surface area contributed by atoms with Gasteiger partial charge in [0.2, 0.25) is 11.8 Å². The molecule has 0 saturated carbocycles. The molecule has 5 N–H and O–H groups in total. The summed E-state index contributed by atoms with van der Waals surface area (Å²) in [7, 11) is 0. The van der Waals surface area contributed by atoms with E-state index in [1.165, 1.54) is 4.90 Å². The van der Waals surface area contributed by atoms with Crippen LogP contribution in [0.3, 0.4) is 0 Å². The van der Waals surface area contributed by atoms with Gasteiger partial charge in [-0.25, -0.2) is 0 Å². The lowest BCUT2D eigenvalue weighted by Crippen LogP contribution is -2.52. The molecule has 3 amide bonds. The minimum Gasteiger partial charge on any atom is -0.388 e. The van der Waals surface area contributed by atoms with Crippen molar-refractivity contribution in [2.75, 3.05) is 13.1 Å². The molecule has 140 valence electrons. The highest BCUT2D eigenvalue weighted by molar-refractivity contribution is 6.05. The minimum absolute atomic E-state index is 0.147. The van der Waals surface area contributed by atoms with Gasteiger partial charge >= 0.3 is 0 Å². The monoisotopic (exact) mass is 360 g/mol. The molecule has 2 heterocycles. The quantitative estimate of drug-likeness (QED) is 0.495. The van der Waals surface area contributed by atoms with Crippen LogP contribution in [0, 0.1) is 0 Å². The van der Waals surface area contributed by atoms with Gasteiger partial charge in [0.05, 0.1) is 5.60 Å². The number of nitrogens with one attached hydrogen (secondary N) is 2. The molecule has 0 bridgehead atoms. The summed E-state index contributed by atoms with van der Waals surface area (Å²) in [5.41, 5.74) is 6.92. The van der Waals surface area contributed by atoms with Crippen LogP contribution in [0.25, 0.3) is 0 Å². The molecule has 8 nitrogen and oxygen atoms in total. The maximum Gasteiger partial charge on any atom is 0.255 e. The number of hydrogen-bond acceptors (Lipinski definition) is 6. The first-order valence-electron chi connectivity index (χ1n) is 8.71. The van der Waals surface area contributed by atoms with Gasteiger partial charge in [-0.15, -0.1) is 0 Å². The Morgan fingerprint density at radius 1 is 1.38 bits per heavy atom. The Balaban J connectivity index is 1.73. The number of hydrogen-bond donors (Lipinski definition) is 4. The van der Waals surface area contributed by atoms with E-state index in [-0.39, 0.29) is 24.8 Å². The number of nitrogens with zero attached hydrogens (tertiary/aromatic N) is 1. The van der Waals surface area contributed by atoms with Gasteiger partial charge in [-0.1, -0.05) is 12.1 Å². The molecule has 1 aromatic rings. The molecule has 8 heteroatoms. The van der Waals surface area contributed by atoms with E-state index < -0.39 is 17.6 Å². The number of amides is 3. The molecule has 3 rings (SSSR count). The van der Waals surface area contributed by atoms with E-state index in [2.05, 4.69) is 10.6 Å². The third kappa shape index (κ3) is 3.62. The van der Waals surface area contributed by atoms with Crippen molar-refractivity contribution in [1.82, 2.24) is 15.5 Å². The van der Waals surface area contributed by atoms with Crippen LogP contribution in [-0.4, -0.2) is 52.5 Å². The van der Waals surface area contributed by atoms with Crippen LogP contribution in [-0.2, 0) is 22.7 Å². The van der Waals surface area contributed by atoms with Gasteiger partial charge in [0.1, 0.15) is 6.04 Å². The number of rotatable bonds is 6. The summed E-state index contributed by atoms with van der Waals surface area (Å²) in [5, 5.41) is 15.4. The Morgan fingerprint density at radius 2 is 2.15 bits per heavy atom. The lowest BCUT2D eigenvalue weighted by molar-refractivity contribution is -0.136.